The molecule has 1 saturated carbocycles. The van der Waals surface area contributed by atoms with Crippen molar-refractivity contribution in [3.63, 3.8) is 0 Å². The SMILES string of the molecule is Clc1ccccc1NCCN1CCC[C@H]2CCCC[C@H]21. The van der Waals surface area contributed by atoms with E-state index in [9.17, 15) is 0 Å². The lowest BCUT2D eigenvalue weighted by Crippen LogP contribution is -2.48. The van der Waals surface area contributed by atoms with Gasteiger partial charge in [-0.15, -0.1) is 0 Å². The summed E-state index contributed by atoms with van der Waals surface area (Å²) < 4.78 is 0. The molecule has 1 aromatic rings. The Kier molecular flexibility index (Phi) is 4.85. The molecule has 2 aliphatic rings. The van der Waals surface area contributed by atoms with Crippen LogP contribution in [0.4, 0.5) is 5.69 Å². The first-order valence-corrected chi connectivity index (χ1v) is 8.45. The minimum absolute atomic E-state index is 0.821. The number of para-hydroxylation sites is 1. The van der Waals surface area contributed by atoms with Crippen molar-refractivity contribution in [3.8, 4) is 0 Å². The van der Waals surface area contributed by atoms with Crippen molar-refractivity contribution in [1.29, 1.82) is 0 Å². The van der Waals surface area contributed by atoms with Gasteiger partial charge in [0, 0.05) is 19.1 Å². The van der Waals surface area contributed by atoms with Crippen LogP contribution in [0.2, 0.25) is 5.02 Å². The average Bonchev–Trinajstić information content (AvgIpc) is 2.49. The highest BCUT2D eigenvalue weighted by molar-refractivity contribution is 6.33. The number of likely N-dealkylation sites (tertiary alicyclic amines) is 1. The number of rotatable bonds is 4. The largest absolute Gasteiger partial charge is 0.383 e. The topological polar surface area (TPSA) is 15.3 Å². The van der Waals surface area contributed by atoms with Gasteiger partial charge >= 0.3 is 0 Å². The summed E-state index contributed by atoms with van der Waals surface area (Å²) in [6.45, 7) is 3.42. The summed E-state index contributed by atoms with van der Waals surface area (Å²) in [4.78, 5) is 2.72. The molecule has 0 radical (unpaired) electrons. The highest BCUT2D eigenvalue weighted by Gasteiger charge is 2.32. The summed E-state index contributed by atoms with van der Waals surface area (Å²) in [7, 11) is 0. The van der Waals surface area contributed by atoms with Gasteiger partial charge < -0.3 is 5.32 Å². The van der Waals surface area contributed by atoms with E-state index in [1.807, 2.05) is 18.2 Å². The molecule has 1 aliphatic heterocycles. The lowest BCUT2D eigenvalue weighted by Gasteiger charge is -2.44. The quantitative estimate of drug-likeness (QED) is 0.884. The number of hydrogen-bond acceptors (Lipinski definition) is 2. The van der Waals surface area contributed by atoms with Crippen LogP contribution in [0.25, 0.3) is 0 Å². The molecule has 110 valence electrons. The number of nitrogens with one attached hydrogen (secondary N) is 1. The van der Waals surface area contributed by atoms with Crippen LogP contribution in [0.3, 0.4) is 0 Å². The van der Waals surface area contributed by atoms with Crippen molar-refractivity contribution in [2.24, 2.45) is 5.92 Å². The number of nitrogens with zero attached hydrogens (tertiary/aromatic N) is 1. The number of fused-ring (bicyclic) bond motifs is 1. The molecule has 2 fully saturated rings. The predicted octanol–water partition coefficient (Wildman–Crippen LogP) is 4.41. The molecule has 2 nitrogen and oxygen atoms in total. The van der Waals surface area contributed by atoms with Gasteiger partial charge in [0.2, 0.25) is 0 Å². The molecule has 0 bridgehead atoms. The number of benzene rings is 1. The van der Waals surface area contributed by atoms with Gasteiger partial charge in [-0.1, -0.05) is 36.6 Å². The molecule has 0 amide bonds. The van der Waals surface area contributed by atoms with Gasteiger partial charge in [-0.3, -0.25) is 4.90 Å². The third kappa shape index (κ3) is 3.29. The van der Waals surface area contributed by atoms with E-state index in [1.54, 1.807) is 0 Å². The van der Waals surface area contributed by atoms with Gasteiger partial charge in [0.1, 0.15) is 0 Å². The van der Waals surface area contributed by atoms with Crippen molar-refractivity contribution >= 4 is 17.3 Å². The number of piperidine rings is 1. The van der Waals surface area contributed by atoms with Gasteiger partial charge in [0.05, 0.1) is 10.7 Å². The summed E-state index contributed by atoms with van der Waals surface area (Å²) in [5.41, 5.74) is 1.06. The Labute approximate surface area is 127 Å². The van der Waals surface area contributed by atoms with Crippen LogP contribution in [0.1, 0.15) is 38.5 Å². The summed E-state index contributed by atoms with van der Waals surface area (Å²) in [6, 6.07) is 8.87. The fourth-order valence-electron chi connectivity index (χ4n) is 3.94. The number of anilines is 1. The van der Waals surface area contributed by atoms with Crippen molar-refractivity contribution in [2.75, 3.05) is 25.0 Å². The molecule has 1 heterocycles. The third-order valence-electron chi connectivity index (χ3n) is 4.95. The van der Waals surface area contributed by atoms with Gasteiger partial charge in [0.25, 0.3) is 0 Å². The van der Waals surface area contributed by atoms with E-state index in [1.165, 1.54) is 45.1 Å². The summed E-state index contributed by atoms with van der Waals surface area (Å²) in [5.74, 6) is 0.970. The molecule has 0 unspecified atom stereocenters. The molecule has 0 aromatic heterocycles. The summed E-state index contributed by atoms with van der Waals surface area (Å²) >= 11 is 6.18. The predicted molar refractivity (Wildman–Crippen MR) is 86.5 cm³/mol. The molecule has 3 heteroatoms. The number of hydrogen-bond donors (Lipinski definition) is 1. The van der Waals surface area contributed by atoms with Crippen molar-refractivity contribution in [2.45, 2.75) is 44.6 Å². The van der Waals surface area contributed by atoms with Crippen molar-refractivity contribution in [1.82, 2.24) is 4.90 Å². The van der Waals surface area contributed by atoms with Crippen LogP contribution in [0, 0.1) is 5.92 Å². The maximum absolute atomic E-state index is 6.18. The Morgan fingerprint density at radius 3 is 2.80 bits per heavy atom. The van der Waals surface area contributed by atoms with Gasteiger partial charge in [0.15, 0.2) is 0 Å². The molecule has 1 aromatic carbocycles. The molecule has 3 rings (SSSR count). The second-order valence-electron chi connectivity index (χ2n) is 6.20. The zero-order valence-corrected chi connectivity index (χ0v) is 12.9. The first kappa shape index (κ1) is 14.2. The smallest absolute Gasteiger partial charge is 0.0637 e. The van der Waals surface area contributed by atoms with Crippen LogP contribution in [0.5, 0.6) is 0 Å². The summed E-state index contributed by atoms with van der Waals surface area (Å²) in [6.07, 6.45) is 8.59. The van der Waals surface area contributed by atoms with Gasteiger partial charge in [-0.2, -0.15) is 0 Å². The Balaban J connectivity index is 1.51. The first-order chi connectivity index (χ1) is 9.84. The highest BCUT2D eigenvalue weighted by Crippen LogP contribution is 2.35. The van der Waals surface area contributed by atoms with E-state index < -0.39 is 0 Å². The molecule has 1 saturated heterocycles. The average molecular weight is 293 g/mol. The minimum Gasteiger partial charge on any atom is -0.383 e. The zero-order chi connectivity index (χ0) is 13.8. The molecule has 2 atom stereocenters. The second kappa shape index (κ2) is 6.82. The highest BCUT2D eigenvalue weighted by atomic mass is 35.5. The Morgan fingerprint density at radius 1 is 1.10 bits per heavy atom. The van der Waals surface area contributed by atoms with Crippen LogP contribution in [-0.4, -0.2) is 30.6 Å². The van der Waals surface area contributed by atoms with Crippen LogP contribution in [0.15, 0.2) is 24.3 Å². The molecule has 1 aliphatic carbocycles. The Bertz CT molecular complexity index is 433. The maximum atomic E-state index is 6.18. The first-order valence-electron chi connectivity index (χ1n) is 8.07. The van der Waals surface area contributed by atoms with Crippen LogP contribution in [-0.2, 0) is 0 Å². The van der Waals surface area contributed by atoms with E-state index in [4.69, 9.17) is 11.6 Å². The fourth-order valence-corrected chi connectivity index (χ4v) is 4.15. The lowest BCUT2D eigenvalue weighted by atomic mass is 9.78. The molecular weight excluding hydrogens is 268 g/mol. The van der Waals surface area contributed by atoms with E-state index in [-0.39, 0.29) is 0 Å². The van der Waals surface area contributed by atoms with E-state index in [0.29, 0.717) is 0 Å². The van der Waals surface area contributed by atoms with E-state index >= 15 is 0 Å². The molecule has 20 heavy (non-hydrogen) atoms. The van der Waals surface area contributed by atoms with Crippen molar-refractivity contribution in [3.05, 3.63) is 29.3 Å². The van der Waals surface area contributed by atoms with Crippen molar-refractivity contribution < 1.29 is 0 Å². The maximum Gasteiger partial charge on any atom is 0.0637 e. The lowest BCUT2D eigenvalue weighted by molar-refractivity contribution is 0.0645. The van der Waals surface area contributed by atoms with Crippen LogP contribution >= 0.6 is 11.6 Å². The van der Waals surface area contributed by atoms with Crippen LogP contribution < -0.4 is 5.32 Å². The van der Waals surface area contributed by atoms with Gasteiger partial charge in [-0.25, -0.2) is 0 Å². The minimum atomic E-state index is 0.821. The normalized spacial score (nSPS) is 27.1. The Hall–Kier alpha value is -0.730. The van der Waals surface area contributed by atoms with E-state index in [0.717, 1.165) is 35.8 Å². The fraction of sp³-hybridized carbons (Fsp3) is 0.647. The number of halogens is 1. The summed E-state index contributed by atoms with van der Waals surface area (Å²) in [5, 5.41) is 4.30. The molecule has 1 N–H and O–H groups in total. The monoisotopic (exact) mass is 292 g/mol. The Morgan fingerprint density at radius 2 is 1.90 bits per heavy atom. The second-order valence-corrected chi connectivity index (χ2v) is 6.60. The third-order valence-corrected chi connectivity index (χ3v) is 5.28. The molecular formula is C17H25ClN2. The standard InChI is InChI=1S/C17H25ClN2/c18-15-8-2-3-9-16(15)19-11-13-20-12-5-7-14-6-1-4-10-17(14)20/h2-3,8-9,14,17,19H,1,4-7,10-13H2/t14-,17-/m1/s1. The van der Waals surface area contributed by atoms with E-state index in [2.05, 4.69) is 16.3 Å². The zero-order valence-electron chi connectivity index (χ0n) is 12.2. The molecule has 0 spiro atoms. The van der Waals surface area contributed by atoms with Gasteiger partial charge in [-0.05, 0) is 50.3 Å².